The molecule has 0 atom stereocenters. The summed E-state index contributed by atoms with van der Waals surface area (Å²) >= 11 is 3.82. The highest BCUT2D eigenvalue weighted by Crippen LogP contribution is 2.26. The van der Waals surface area contributed by atoms with Crippen LogP contribution in [0.5, 0.6) is 0 Å². The van der Waals surface area contributed by atoms with Crippen LogP contribution in [0.3, 0.4) is 0 Å². The van der Waals surface area contributed by atoms with E-state index in [-0.39, 0.29) is 5.24 Å². The first-order chi connectivity index (χ1) is 7.18. The van der Waals surface area contributed by atoms with Crippen molar-refractivity contribution < 1.29 is 4.79 Å². The van der Waals surface area contributed by atoms with Crippen molar-refractivity contribution >= 4 is 23.6 Å². The predicted molar refractivity (Wildman–Crippen MR) is 65.9 cm³/mol. The van der Waals surface area contributed by atoms with Crippen LogP contribution in [0.1, 0.15) is 24.0 Å². The van der Waals surface area contributed by atoms with Crippen LogP contribution in [0.15, 0.2) is 18.2 Å². The highest BCUT2D eigenvalue weighted by Gasteiger charge is 2.12. The zero-order valence-corrected chi connectivity index (χ0v) is 9.76. The molecular weight excluding hydrogens is 206 g/mol. The van der Waals surface area contributed by atoms with Gasteiger partial charge < -0.3 is 4.90 Å². The first-order valence-corrected chi connectivity index (χ1v) is 5.71. The van der Waals surface area contributed by atoms with Crippen molar-refractivity contribution in [2.45, 2.75) is 25.7 Å². The Labute approximate surface area is 95.7 Å². The summed E-state index contributed by atoms with van der Waals surface area (Å²) < 4.78 is 0. The van der Waals surface area contributed by atoms with Crippen LogP contribution < -0.4 is 4.90 Å². The Morgan fingerprint density at radius 1 is 1.27 bits per heavy atom. The molecule has 0 spiro atoms. The Kier molecular flexibility index (Phi) is 3.00. The molecule has 0 heterocycles. The third kappa shape index (κ3) is 2.17. The average molecular weight is 221 g/mol. The molecule has 2 rings (SSSR count). The van der Waals surface area contributed by atoms with E-state index in [1.54, 1.807) is 11.9 Å². The topological polar surface area (TPSA) is 20.3 Å². The third-order valence-electron chi connectivity index (χ3n) is 3.01. The van der Waals surface area contributed by atoms with Crippen LogP contribution in [0, 0.1) is 0 Å². The molecule has 0 fully saturated rings. The number of thiol groups is 1. The minimum Gasteiger partial charge on any atom is -0.307 e. The minimum atomic E-state index is -0.217. The molecule has 80 valence electrons. The van der Waals surface area contributed by atoms with Gasteiger partial charge in [-0.2, -0.15) is 0 Å². The maximum absolute atomic E-state index is 11.1. The molecule has 1 aromatic carbocycles. The van der Waals surface area contributed by atoms with Crippen LogP contribution in [-0.2, 0) is 12.8 Å². The van der Waals surface area contributed by atoms with Crippen molar-refractivity contribution in [2.24, 2.45) is 0 Å². The molecule has 15 heavy (non-hydrogen) atoms. The van der Waals surface area contributed by atoms with Gasteiger partial charge in [-0.3, -0.25) is 4.79 Å². The van der Waals surface area contributed by atoms with E-state index in [9.17, 15) is 4.79 Å². The van der Waals surface area contributed by atoms with Gasteiger partial charge in [-0.25, -0.2) is 0 Å². The van der Waals surface area contributed by atoms with Crippen LogP contribution in [0.4, 0.5) is 10.5 Å². The van der Waals surface area contributed by atoms with Crippen LogP contribution in [0.2, 0.25) is 0 Å². The Bertz CT molecular complexity index is 389. The van der Waals surface area contributed by atoms with E-state index < -0.39 is 0 Å². The van der Waals surface area contributed by atoms with Crippen molar-refractivity contribution in [1.29, 1.82) is 0 Å². The monoisotopic (exact) mass is 221 g/mol. The van der Waals surface area contributed by atoms with Crippen LogP contribution in [-0.4, -0.2) is 12.3 Å². The van der Waals surface area contributed by atoms with E-state index in [1.807, 2.05) is 6.07 Å². The fourth-order valence-corrected chi connectivity index (χ4v) is 2.15. The normalized spacial score (nSPS) is 14.5. The number of hydrogen-bond acceptors (Lipinski definition) is 1. The fraction of sp³-hybridized carbons (Fsp3) is 0.417. The molecule has 1 aliphatic rings. The van der Waals surface area contributed by atoms with Crippen molar-refractivity contribution in [2.75, 3.05) is 11.9 Å². The number of amides is 1. The maximum atomic E-state index is 11.1. The standard InChI is InChI=1S/C12H15NOS/c1-13(12(14)15)11-7-6-9-4-2-3-5-10(9)8-11/h6-8H,2-5H2,1H3,(H,14,15). The third-order valence-corrected chi connectivity index (χ3v) is 3.31. The number of fused-ring (bicyclic) bond motifs is 1. The van der Waals surface area contributed by atoms with Crippen molar-refractivity contribution in [3.8, 4) is 0 Å². The summed E-state index contributed by atoms with van der Waals surface area (Å²) in [5.74, 6) is 0. The first kappa shape index (κ1) is 10.6. The minimum absolute atomic E-state index is 0.217. The van der Waals surface area contributed by atoms with Gasteiger partial charge in [0.25, 0.3) is 5.24 Å². The fourth-order valence-electron chi connectivity index (χ4n) is 2.04. The molecule has 0 unspecified atom stereocenters. The van der Waals surface area contributed by atoms with Gasteiger partial charge in [0.1, 0.15) is 0 Å². The second kappa shape index (κ2) is 4.27. The highest BCUT2D eigenvalue weighted by molar-refractivity contribution is 7.96. The molecular formula is C12H15NOS. The largest absolute Gasteiger partial charge is 0.307 e. The molecule has 0 saturated carbocycles. The molecule has 0 aromatic heterocycles. The van der Waals surface area contributed by atoms with E-state index in [4.69, 9.17) is 0 Å². The van der Waals surface area contributed by atoms with Gasteiger partial charge in [-0.15, -0.1) is 0 Å². The van der Waals surface area contributed by atoms with Crippen LogP contribution >= 0.6 is 12.6 Å². The van der Waals surface area contributed by atoms with E-state index in [0.717, 1.165) is 12.1 Å². The van der Waals surface area contributed by atoms with E-state index >= 15 is 0 Å². The molecule has 0 aliphatic heterocycles. The van der Waals surface area contributed by atoms with Gasteiger partial charge in [0.2, 0.25) is 0 Å². The lowest BCUT2D eigenvalue weighted by Gasteiger charge is -2.20. The second-order valence-electron chi connectivity index (χ2n) is 4.00. The molecule has 0 saturated heterocycles. The van der Waals surface area contributed by atoms with Crippen molar-refractivity contribution in [3.63, 3.8) is 0 Å². The average Bonchev–Trinajstić information content (AvgIpc) is 2.27. The Morgan fingerprint density at radius 2 is 1.93 bits per heavy atom. The van der Waals surface area contributed by atoms with E-state index in [2.05, 4.69) is 24.8 Å². The van der Waals surface area contributed by atoms with Gasteiger partial charge >= 0.3 is 0 Å². The van der Waals surface area contributed by atoms with Gasteiger partial charge in [-0.05, 0) is 48.9 Å². The molecule has 1 aliphatic carbocycles. The molecule has 0 N–H and O–H groups in total. The second-order valence-corrected chi connectivity index (χ2v) is 4.38. The Morgan fingerprint density at radius 3 is 2.60 bits per heavy atom. The van der Waals surface area contributed by atoms with E-state index in [0.29, 0.717) is 0 Å². The molecule has 0 radical (unpaired) electrons. The predicted octanol–water partition coefficient (Wildman–Crippen LogP) is 3.05. The number of nitrogens with zero attached hydrogens (tertiary/aromatic N) is 1. The van der Waals surface area contributed by atoms with Gasteiger partial charge in [-0.1, -0.05) is 18.7 Å². The molecule has 0 bridgehead atoms. The van der Waals surface area contributed by atoms with Crippen molar-refractivity contribution in [3.05, 3.63) is 29.3 Å². The zero-order chi connectivity index (χ0) is 10.8. The lowest BCUT2D eigenvalue weighted by molar-refractivity contribution is 0.266. The Hall–Kier alpha value is -0.960. The van der Waals surface area contributed by atoms with E-state index in [1.165, 1.54) is 30.4 Å². The van der Waals surface area contributed by atoms with Crippen molar-refractivity contribution in [1.82, 2.24) is 0 Å². The summed E-state index contributed by atoms with van der Waals surface area (Å²) in [6, 6.07) is 6.25. The number of benzene rings is 1. The summed E-state index contributed by atoms with van der Waals surface area (Å²) in [4.78, 5) is 12.7. The summed E-state index contributed by atoms with van der Waals surface area (Å²) in [5, 5.41) is -0.217. The summed E-state index contributed by atoms with van der Waals surface area (Å²) in [7, 11) is 1.75. The molecule has 2 nitrogen and oxygen atoms in total. The SMILES string of the molecule is CN(C(=O)S)c1ccc2c(c1)CCCC2. The lowest BCUT2D eigenvalue weighted by atomic mass is 9.91. The summed E-state index contributed by atoms with van der Waals surface area (Å²) in [6.45, 7) is 0. The number of carbonyl (C=O) groups excluding carboxylic acids is 1. The molecule has 1 aromatic rings. The zero-order valence-electron chi connectivity index (χ0n) is 8.86. The highest BCUT2D eigenvalue weighted by atomic mass is 32.1. The lowest BCUT2D eigenvalue weighted by Crippen LogP contribution is -2.20. The quantitative estimate of drug-likeness (QED) is 0.723. The number of anilines is 1. The summed E-state index contributed by atoms with van der Waals surface area (Å²) in [5.41, 5.74) is 3.76. The van der Waals surface area contributed by atoms with Gasteiger partial charge in [0, 0.05) is 12.7 Å². The smallest absolute Gasteiger partial charge is 0.282 e. The molecule has 1 amide bonds. The number of carbonyl (C=O) groups is 1. The molecule has 3 heteroatoms. The number of aryl methyl sites for hydroxylation is 2. The van der Waals surface area contributed by atoms with Gasteiger partial charge in [0.15, 0.2) is 0 Å². The van der Waals surface area contributed by atoms with Gasteiger partial charge in [0.05, 0.1) is 0 Å². The maximum Gasteiger partial charge on any atom is 0.282 e. The first-order valence-electron chi connectivity index (χ1n) is 5.27. The number of rotatable bonds is 1. The number of hydrogen-bond donors (Lipinski definition) is 1. The Balaban J connectivity index is 2.31. The summed E-state index contributed by atoms with van der Waals surface area (Å²) in [6.07, 6.45) is 4.86. The van der Waals surface area contributed by atoms with Crippen LogP contribution in [0.25, 0.3) is 0 Å².